The SMILES string of the molecule is COC(=O)NC1CC(C(=O)N2CCC(c3ccccc3C)CC2)C1. The number of methoxy groups -OCH3 is 1. The molecule has 2 aliphatic rings. The van der Waals surface area contributed by atoms with E-state index in [0.29, 0.717) is 5.92 Å². The van der Waals surface area contributed by atoms with Crippen molar-refractivity contribution in [1.82, 2.24) is 10.2 Å². The van der Waals surface area contributed by atoms with Gasteiger partial charge in [-0.25, -0.2) is 4.79 Å². The number of hydrogen-bond donors (Lipinski definition) is 1. The van der Waals surface area contributed by atoms with Crippen LogP contribution in [-0.4, -0.2) is 43.1 Å². The monoisotopic (exact) mass is 330 g/mol. The second kappa shape index (κ2) is 7.24. The maximum atomic E-state index is 12.6. The molecule has 1 aromatic carbocycles. The predicted octanol–water partition coefficient (Wildman–Crippen LogP) is 2.84. The minimum Gasteiger partial charge on any atom is -0.453 e. The van der Waals surface area contributed by atoms with Crippen molar-refractivity contribution in [1.29, 1.82) is 0 Å². The molecule has 5 heteroatoms. The summed E-state index contributed by atoms with van der Waals surface area (Å²) in [5, 5.41) is 2.76. The quantitative estimate of drug-likeness (QED) is 0.927. The summed E-state index contributed by atoms with van der Waals surface area (Å²) in [5.74, 6) is 0.869. The summed E-state index contributed by atoms with van der Waals surface area (Å²) in [7, 11) is 1.36. The molecular formula is C19H26N2O3. The van der Waals surface area contributed by atoms with Crippen molar-refractivity contribution in [3.63, 3.8) is 0 Å². The van der Waals surface area contributed by atoms with Crippen LogP contribution in [0.25, 0.3) is 0 Å². The van der Waals surface area contributed by atoms with E-state index >= 15 is 0 Å². The maximum Gasteiger partial charge on any atom is 0.407 e. The van der Waals surface area contributed by atoms with Gasteiger partial charge in [0.2, 0.25) is 5.91 Å². The van der Waals surface area contributed by atoms with Crippen LogP contribution in [0, 0.1) is 12.8 Å². The minimum absolute atomic E-state index is 0.0576. The Balaban J connectivity index is 1.46. The first-order valence-corrected chi connectivity index (χ1v) is 8.77. The second-order valence-electron chi connectivity index (χ2n) is 6.96. The first-order chi connectivity index (χ1) is 11.6. The Bertz CT molecular complexity index is 602. The molecule has 0 bridgehead atoms. The van der Waals surface area contributed by atoms with Gasteiger partial charge in [0, 0.05) is 25.0 Å². The molecule has 0 unspecified atom stereocenters. The molecule has 1 aliphatic carbocycles. The fourth-order valence-corrected chi connectivity index (χ4v) is 3.88. The van der Waals surface area contributed by atoms with Gasteiger partial charge in [0.05, 0.1) is 7.11 Å². The van der Waals surface area contributed by atoms with E-state index in [-0.39, 0.29) is 17.9 Å². The number of hydrogen-bond acceptors (Lipinski definition) is 3. The van der Waals surface area contributed by atoms with Gasteiger partial charge in [0.1, 0.15) is 0 Å². The summed E-state index contributed by atoms with van der Waals surface area (Å²) < 4.78 is 4.59. The molecule has 1 aromatic rings. The van der Waals surface area contributed by atoms with Gasteiger partial charge in [-0.05, 0) is 49.7 Å². The van der Waals surface area contributed by atoms with Crippen molar-refractivity contribution in [3.8, 4) is 0 Å². The molecular weight excluding hydrogens is 304 g/mol. The molecule has 1 saturated carbocycles. The zero-order valence-electron chi connectivity index (χ0n) is 14.5. The number of nitrogens with zero attached hydrogens (tertiary/aromatic N) is 1. The van der Waals surface area contributed by atoms with Crippen molar-refractivity contribution in [2.24, 2.45) is 5.92 Å². The smallest absolute Gasteiger partial charge is 0.407 e. The Hall–Kier alpha value is -2.04. The predicted molar refractivity (Wildman–Crippen MR) is 91.8 cm³/mol. The highest BCUT2D eigenvalue weighted by atomic mass is 16.5. The number of aryl methyl sites for hydroxylation is 1. The summed E-state index contributed by atoms with van der Waals surface area (Å²) in [5.41, 5.74) is 2.77. The minimum atomic E-state index is -0.412. The molecule has 1 saturated heterocycles. The number of amides is 2. The van der Waals surface area contributed by atoms with E-state index < -0.39 is 6.09 Å². The number of ether oxygens (including phenoxy) is 1. The first-order valence-electron chi connectivity index (χ1n) is 8.77. The molecule has 24 heavy (non-hydrogen) atoms. The number of alkyl carbamates (subject to hydrolysis) is 1. The largest absolute Gasteiger partial charge is 0.453 e. The molecule has 0 radical (unpaired) electrons. The van der Waals surface area contributed by atoms with Gasteiger partial charge in [-0.15, -0.1) is 0 Å². The molecule has 1 heterocycles. The summed E-state index contributed by atoms with van der Waals surface area (Å²) in [6.07, 6.45) is 3.11. The van der Waals surface area contributed by atoms with Gasteiger partial charge in [0.15, 0.2) is 0 Å². The molecule has 0 spiro atoms. The average molecular weight is 330 g/mol. The zero-order valence-corrected chi connectivity index (χ0v) is 14.5. The number of piperidine rings is 1. The lowest BCUT2D eigenvalue weighted by atomic mass is 9.78. The molecule has 2 amide bonds. The van der Waals surface area contributed by atoms with Crippen molar-refractivity contribution in [2.75, 3.05) is 20.2 Å². The van der Waals surface area contributed by atoms with Crippen molar-refractivity contribution in [3.05, 3.63) is 35.4 Å². The van der Waals surface area contributed by atoms with E-state index in [1.165, 1.54) is 18.2 Å². The Morgan fingerprint density at radius 1 is 1.17 bits per heavy atom. The van der Waals surface area contributed by atoms with Gasteiger partial charge in [-0.2, -0.15) is 0 Å². The number of rotatable bonds is 3. The molecule has 0 atom stereocenters. The van der Waals surface area contributed by atoms with E-state index in [2.05, 4.69) is 41.2 Å². The lowest BCUT2D eigenvalue weighted by Crippen LogP contribution is -2.51. The molecule has 1 aliphatic heterocycles. The van der Waals surface area contributed by atoms with Crippen molar-refractivity contribution < 1.29 is 14.3 Å². The van der Waals surface area contributed by atoms with Crippen LogP contribution in [0.1, 0.15) is 42.7 Å². The number of carbonyl (C=O) groups is 2. The van der Waals surface area contributed by atoms with Gasteiger partial charge in [0.25, 0.3) is 0 Å². The topological polar surface area (TPSA) is 58.6 Å². The molecule has 130 valence electrons. The Labute approximate surface area is 143 Å². The standard InChI is InChI=1S/C19H26N2O3/c1-13-5-3-4-6-17(13)14-7-9-21(10-8-14)18(22)15-11-16(12-15)20-19(23)24-2/h3-6,14-16H,7-12H2,1-2H3,(H,20,23). The van der Waals surface area contributed by atoms with E-state index in [9.17, 15) is 9.59 Å². The van der Waals surface area contributed by atoms with Gasteiger partial charge in [-0.1, -0.05) is 24.3 Å². The van der Waals surface area contributed by atoms with E-state index in [4.69, 9.17) is 0 Å². The van der Waals surface area contributed by atoms with Gasteiger partial charge in [-0.3, -0.25) is 4.79 Å². The molecule has 5 nitrogen and oxygen atoms in total. The number of likely N-dealkylation sites (tertiary alicyclic amines) is 1. The van der Waals surface area contributed by atoms with Crippen LogP contribution in [-0.2, 0) is 9.53 Å². The maximum absolute atomic E-state index is 12.6. The summed E-state index contributed by atoms with van der Waals surface area (Å²) in [6, 6.07) is 8.63. The normalized spacial score (nSPS) is 24.2. The molecule has 2 fully saturated rings. The van der Waals surface area contributed by atoms with E-state index in [0.717, 1.165) is 38.8 Å². The highest BCUT2D eigenvalue weighted by Gasteiger charge is 2.38. The first kappa shape index (κ1) is 16.8. The lowest BCUT2D eigenvalue weighted by molar-refractivity contribution is -0.140. The number of nitrogens with one attached hydrogen (secondary N) is 1. The summed E-state index contributed by atoms with van der Waals surface area (Å²) in [4.78, 5) is 25.7. The second-order valence-corrected chi connectivity index (χ2v) is 6.96. The molecule has 0 aromatic heterocycles. The highest BCUT2D eigenvalue weighted by Crippen LogP contribution is 2.34. The van der Waals surface area contributed by atoms with Crippen LogP contribution in [0.5, 0.6) is 0 Å². The van der Waals surface area contributed by atoms with Gasteiger partial charge < -0.3 is 15.0 Å². The zero-order chi connectivity index (χ0) is 17.1. The third-order valence-electron chi connectivity index (χ3n) is 5.43. The lowest BCUT2D eigenvalue weighted by Gasteiger charge is -2.40. The van der Waals surface area contributed by atoms with E-state index in [1.807, 2.05) is 4.90 Å². The van der Waals surface area contributed by atoms with Crippen LogP contribution in [0.15, 0.2) is 24.3 Å². The van der Waals surface area contributed by atoms with Crippen LogP contribution >= 0.6 is 0 Å². The summed E-state index contributed by atoms with van der Waals surface area (Å²) in [6.45, 7) is 3.84. The van der Waals surface area contributed by atoms with Crippen LogP contribution < -0.4 is 5.32 Å². The van der Waals surface area contributed by atoms with Crippen molar-refractivity contribution in [2.45, 2.75) is 44.6 Å². The number of benzene rings is 1. The summed E-state index contributed by atoms with van der Waals surface area (Å²) >= 11 is 0. The van der Waals surface area contributed by atoms with Crippen LogP contribution in [0.3, 0.4) is 0 Å². The average Bonchev–Trinajstić information content (AvgIpc) is 2.57. The Morgan fingerprint density at radius 2 is 1.83 bits per heavy atom. The van der Waals surface area contributed by atoms with Gasteiger partial charge >= 0.3 is 6.09 Å². The van der Waals surface area contributed by atoms with Crippen LogP contribution in [0.4, 0.5) is 4.79 Å². The van der Waals surface area contributed by atoms with E-state index in [1.54, 1.807) is 0 Å². The molecule has 1 N–H and O–H groups in total. The highest BCUT2D eigenvalue weighted by molar-refractivity contribution is 5.80. The third kappa shape index (κ3) is 3.55. The third-order valence-corrected chi connectivity index (χ3v) is 5.43. The Morgan fingerprint density at radius 3 is 2.46 bits per heavy atom. The Kier molecular flexibility index (Phi) is 5.07. The molecule has 3 rings (SSSR count). The number of carbonyl (C=O) groups excluding carboxylic acids is 2. The fourth-order valence-electron chi connectivity index (χ4n) is 3.88. The van der Waals surface area contributed by atoms with Crippen molar-refractivity contribution >= 4 is 12.0 Å². The van der Waals surface area contributed by atoms with Crippen LogP contribution in [0.2, 0.25) is 0 Å². The fraction of sp³-hybridized carbons (Fsp3) is 0.579.